The Bertz CT molecular complexity index is 1100. The van der Waals surface area contributed by atoms with Crippen LogP contribution in [0.1, 0.15) is 17.0 Å². The quantitative estimate of drug-likeness (QED) is 0.553. The average molecular weight is 347 g/mol. The van der Waals surface area contributed by atoms with E-state index in [2.05, 4.69) is 12.1 Å². The molecule has 26 heavy (non-hydrogen) atoms. The van der Waals surface area contributed by atoms with Crippen LogP contribution in [0.5, 0.6) is 11.5 Å². The third-order valence-corrected chi connectivity index (χ3v) is 4.73. The number of nitrogens with zero attached hydrogens (tertiary/aromatic N) is 3. The highest BCUT2D eigenvalue weighted by molar-refractivity contribution is 6.08. The zero-order valence-corrected chi connectivity index (χ0v) is 15.4. The minimum atomic E-state index is 0.691. The SMILES string of the molecule is COc1cc2c(C)nc3c(c(C)nn3Cc3ccccc3)c2cc1OC. The molecule has 0 aliphatic heterocycles. The molecule has 0 aliphatic carbocycles. The van der Waals surface area contributed by atoms with Gasteiger partial charge in [-0.2, -0.15) is 5.10 Å². The lowest BCUT2D eigenvalue weighted by atomic mass is 10.0. The van der Waals surface area contributed by atoms with Crippen LogP contribution in [0.3, 0.4) is 0 Å². The number of benzene rings is 2. The molecule has 0 radical (unpaired) electrons. The van der Waals surface area contributed by atoms with Crippen LogP contribution in [0, 0.1) is 13.8 Å². The Morgan fingerprint density at radius 3 is 2.19 bits per heavy atom. The maximum atomic E-state index is 5.50. The molecule has 0 saturated carbocycles. The molecular formula is C21H21N3O2. The Morgan fingerprint density at radius 2 is 1.54 bits per heavy atom. The highest BCUT2D eigenvalue weighted by Gasteiger charge is 2.17. The lowest BCUT2D eigenvalue weighted by Crippen LogP contribution is -2.03. The van der Waals surface area contributed by atoms with E-state index < -0.39 is 0 Å². The number of aromatic nitrogens is 3. The van der Waals surface area contributed by atoms with Gasteiger partial charge < -0.3 is 9.47 Å². The molecule has 0 amide bonds. The number of hydrogen-bond donors (Lipinski definition) is 0. The molecule has 4 rings (SSSR count). The van der Waals surface area contributed by atoms with Gasteiger partial charge in [-0.3, -0.25) is 0 Å². The normalized spacial score (nSPS) is 11.2. The van der Waals surface area contributed by atoms with Gasteiger partial charge in [-0.1, -0.05) is 30.3 Å². The van der Waals surface area contributed by atoms with Gasteiger partial charge in [0.1, 0.15) is 0 Å². The van der Waals surface area contributed by atoms with Crippen LogP contribution in [-0.2, 0) is 6.54 Å². The first-order valence-electron chi connectivity index (χ1n) is 8.55. The second-order valence-electron chi connectivity index (χ2n) is 6.38. The van der Waals surface area contributed by atoms with Gasteiger partial charge in [-0.15, -0.1) is 0 Å². The first-order valence-corrected chi connectivity index (χ1v) is 8.55. The van der Waals surface area contributed by atoms with Crippen molar-refractivity contribution in [1.82, 2.24) is 14.8 Å². The highest BCUT2D eigenvalue weighted by Crippen LogP contribution is 2.37. The number of hydrogen-bond acceptors (Lipinski definition) is 4. The van der Waals surface area contributed by atoms with E-state index in [1.165, 1.54) is 5.56 Å². The Hall–Kier alpha value is -3.08. The molecule has 132 valence electrons. The molecule has 0 atom stereocenters. The fraction of sp³-hybridized carbons (Fsp3) is 0.238. The van der Waals surface area contributed by atoms with E-state index in [0.717, 1.165) is 33.2 Å². The zero-order chi connectivity index (χ0) is 18.3. The number of methoxy groups -OCH3 is 2. The third kappa shape index (κ3) is 2.56. The maximum Gasteiger partial charge on any atom is 0.161 e. The molecule has 0 spiro atoms. The molecule has 0 unspecified atom stereocenters. The van der Waals surface area contributed by atoms with Crippen molar-refractivity contribution < 1.29 is 9.47 Å². The van der Waals surface area contributed by atoms with E-state index in [1.807, 2.05) is 48.9 Å². The number of pyridine rings is 1. The van der Waals surface area contributed by atoms with E-state index in [4.69, 9.17) is 19.6 Å². The molecule has 0 saturated heterocycles. The minimum absolute atomic E-state index is 0.691. The second kappa shape index (κ2) is 6.33. The predicted molar refractivity (Wildman–Crippen MR) is 103 cm³/mol. The van der Waals surface area contributed by atoms with Crippen molar-refractivity contribution in [2.75, 3.05) is 14.2 Å². The van der Waals surface area contributed by atoms with Crippen LogP contribution in [-0.4, -0.2) is 29.0 Å². The third-order valence-electron chi connectivity index (χ3n) is 4.73. The van der Waals surface area contributed by atoms with Crippen molar-refractivity contribution in [3.05, 3.63) is 59.4 Å². The van der Waals surface area contributed by atoms with E-state index in [9.17, 15) is 0 Å². The summed E-state index contributed by atoms with van der Waals surface area (Å²) in [5, 5.41) is 7.95. The predicted octanol–water partition coefficient (Wildman–Crippen LogP) is 4.27. The summed E-state index contributed by atoms with van der Waals surface area (Å²) in [6.45, 7) is 4.73. The molecule has 5 nitrogen and oxygen atoms in total. The summed E-state index contributed by atoms with van der Waals surface area (Å²) in [6, 6.07) is 14.3. The monoisotopic (exact) mass is 347 g/mol. The van der Waals surface area contributed by atoms with Crippen molar-refractivity contribution in [3.8, 4) is 11.5 Å². The van der Waals surface area contributed by atoms with Crippen molar-refractivity contribution in [1.29, 1.82) is 0 Å². The molecule has 2 aromatic heterocycles. The first-order chi connectivity index (χ1) is 12.6. The van der Waals surface area contributed by atoms with Crippen LogP contribution in [0.4, 0.5) is 0 Å². The molecular weight excluding hydrogens is 326 g/mol. The van der Waals surface area contributed by atoms with Crippen molar-refractivity contribution in [3.63, 3.8) is 0 Å². The summed E-state index contributed by atoms with van der Waals surface area (Å²) in [4.78, 5) is 4.86. The van der Waals surface area contributed by atoms with Crippen molar-refractivity contribution in [2.24, 2.45) is 0 Å². The lowest BCUT2D eigenvalue weighted by Gasteiger charge is -2.12. The van der Waals surface area contributed by atoms with E-state index in [1.54, 1.807) is 14.2 Å². The van der Waals surface area contributed by atoms with Gasteiger partial charge in [0, 0.05) is 21.9 Å². The zero-order valence-electron chi connectivity index (χ0n) is 15.4. The maximum absolute atomic E-state index is 5.50. The summed E-state index contributed by atoms with van der Waals surface area (Å²) in [5.74, 6) is 1.42. The molecule has 0 N–H and O–H groups in total. The van der Waals surface area contributed by atoms with Crippen LogP contribution < -0.4 is 9.47 Å². The van der Waals surface area contributed by atoms with Crippen LogP contribution >= 0.6 is 0 Å². The highest BCUT2D eigenvalue weighted by atomic mass is 16.5. The number of fused-ring (bicyclic) bond motifs is 3. The smallest absolute Gasteiger partial charge is 0.161 e. The minimum Gasteiger partial charge on any atom is -0.493 e. The Kier molecular flexibility index (Phi) is 3.99. The summed E-state index contributed by atoms with van der Waals surface area (Å²) >= 11 is 0. The fourth-order valence-electron chi connectivity index (χ4n) is 3.47. The van der Waals surface area contributed by atoms with Gasteiger partial charge in [0.15, 0.2) is 17.1 Å². The molecule has 2 heterocycles. The van der Waals surface area contributed by atoms with Crippen LogP contribution in [0.2, 0.25) is 0 Å². The largest absolute Gasteiger partial charge is 0.493 e. The van der Waals surface area contributed by atoms with Crippen LogP contribution in [0.25, 0.3) is 21.8 Å². The topological polar surface area (TPSA) is 49.2 Å². The summed E-state index contributed by atoms with van der Waals surface area (Å²) in [6.07, 6.45) is 0. The fourth-order valence-corrected chi connectivity index (χ4v) is 3.47. The van der Waals surface area contributed by atoms with Gasteiger partial charge in [0.25, 0.3) is 0 Å². The molecule has 0 bridgehead atoms. The second-order valence-corrected chi connectivity index (χ2v) is 6.38. The number of ether oxygens (including phenoxy) is 2. The van der Waals surface area contributed by atoms with Gasteiger partial charge in [0.2, 0.25) is 0 Å². The summed E-state index contributed by atoms with van der Waals surface area (Å²) in [7, 11) is 3.30. The van der Waals surface area contributed by atoms with Gasteiger partial charge in [-0.25, -0.2) is 9.67 Å². The van der Waals surface area contributed by atoms with E-state index in [0.29, 0.717) is 18.0 Å². The van der Waals surface area contributed by atoms with Crippen molar-refractivity contribution in [2.45, 2.75) is 20.4 Å². The standard InChI is InChI=1S/C21H21N3O2/c1-13-16-10-18(25-3)19(26-4)11-17(16)20-14(2)23-24(21(20)22-13)12-15-8-6-5-7-9-15/h5-11H,12H2,1-4H3. The lowest BCUT2D eigenvalue weighted by molar-refractivity contribution is 0.356. The van der Waals surface area contributed by atoms with Gasteiger partial charge in [-0.05, 0) is 31.5 Å². The Morgan fingerprint density at radius 1 is 0.885 bits per heavy atom. The average Bonchev–Trinajstić information content (AvgIpc) is 2.96. The Balaban J connectivity index is 1.99. The first kappa shape index (κ1) is 16.4. The van der Waals surface area contributed by atoms with E-state index >= 15 is 0 Å². The van der Waals surface area contributed by atoms with Crippen LogP contribution in [0.15, 0.2) is 42.5 Å². The summed E-state index contributed by atoms with van der Waals surface area (Å²) in [5.41, 5.74) is 4.00. The van der Waals surface area contributed by atoms with E-state index in [-0.39, 0.29) is 0 Å². The molecule has 5 heteroatoms. The Labute approximate surface area is 152 Å². The van der Waals surface area contributed by atoms with Crippen molar-refractivity contribution >= 4 is 21.8 Å². The molecule has 0 aliphatic rings. The van der Waals surface area contributed by atoms with Gasteiger partial charge in [0.05, 0.1) is 26.5 Å². The molecule has 2 aromatic carbocycles. The molecule has 4 aromatic rings. The van der Waals surface area contributed by atoms with Gasteiger partial charge >= 0.3 is 0 Å². The number of rotatable bonds is 4. The summed E-state index contributed by atoms with van der Waals surface area (Å²) < 4.78 is 12.9. The number of aryl methyl sites for hydroxylation is 2. The molecule has 0 fully saturated rings.